The Balaban J connectivity index is 1.57. The summed E-state index contributed by atoms with van der Waals surface area (Å²) in [5.41, 5.74) is 7.90. The molecule has 0 fully saturated rings. The molecule has 144 valence electrons. The lowest BCUT2D eigenvalue weighted by Crippen LogP contribution is -2.29. The van der Waals surface area contributed by atoms with Crippen LogP contribution in [0.15, 0.2) is 109 Å². The van der Waals surface area contributed by atoms with E-state index in [1.54, 1.807) is 0 Å². The summed E-state index contributed by atoms with van der Waals surface area (Å²) in [6.45, 7) is 2.16. The summed E-state index contributed by atoms with van der Waals surface area (Å²) < 4.78 is 0. The molecule has 4 aromatic carbocycles. The van der Waals surface area contributed by atoms with E-state index in [1.165, 1.54) is 44.4 Å². The van der Waals surface area contributed by atoms with Crippen molar-refractivity contribution in [2.75, 3.05) is 4.90 Å². The van der Waals surface area contributed by atoms with Crippen molar-refractivity contribution in [3.8, 4) is 0 Å². The maximum atomic E-state index is 2.52. The van der Waals surface area contributed by atoms with Gasteiger partial charge >= 0.3 is 0 Å². The van der Waals surface area contributed by atoms with Crippen molar-refractivity contribution in [1.82, 2.24) is 0 Å². The number of benzene rings is 4. The van der Waals surface area contributed by atoms with Crippen LogP contribution in [0.1, 0.15) is 22.6 Å². The Kier molecular flexibility index (Phi) is 3.89. The zero-order chi connectivity index (χ0) is 20.1. The molecule has 1 nitrogen and oxygen atoms in total. The van der Waals surface area contributed by atoms with Crippen molar-refractivity contribution in [3.05, 3.63) is 126 Å². The highest BCUT2D eigenvalue weighted by molar-refractivity contribution is 5.96. The van der Waals surface area contributed by atoms with Crippen LogP contribution in [0.3, 0.4) is 0 Å². The number of hydrogen-bond donors (Lipinski definition) is 0. The Bertz CT molecular complexity index is 1310. The fourth-order valence-electron chi connectivity index (χ4n) is 5.09. The summed E-state index contributed by atoms with van der Waals surface area (Å²) in [7, 11) is 0. The second-order valence-corrected chi connectivity index (χ2v) is 8.29. The molecule has 0 saturated carbocycles. The van der Waals surface area contributed by atoms with Crippen LogP contribution in [0.4, 0.5) is 11.4 Å². The van der Waals surface area contributed by atoms with Crippen LogP contribution >= 0.6 is 0 Å². The van der Waals surface area contributed by atoms with Gasteiger partial charge in [-0.3, -0.25) is 0 Å². The molecule has 0 aromatic heterocycles. The maximum Gasteiger partial charge on any atom is 0.0635 e. The van der Waals surface area contributed by atoms with Gasteiger partial charge in [0.15, 0.2) is 0 Å². The van der Waals surface area contributed by atoms with Gasteiger partial charge in [-0.25, -0.2) is 0 Å². The van der Waals surface area contributed by atoms with E-state index >= 15 is 0 Å². The van der Waals surface area contributed by atoms with E-state index in [4.69, 9.17) is 0 Å². The number of nitrogens with zero attached hydrogens (tertiary/aromatic N) is 1. The zero-order valence-electron chi connectivity index (χ0n) is 17.0. The largest absolute Gasteiger partial charge is 0.333 e. The van der Waals surface area contributed by atoms with Gasteiger partial charge in [0.1, 0.15) is 0 Å². The summed E-state index contributed by atoms with van der Waals surface area (Å²) in [5, 5.41) is 2.67. The highest BCUT2D eigenvalue weighted by Gasteiger charge is 2.39. The molecule has 2 aliphatic rings. The van der Waals surface area contributed by atoms with Crippen molar-refractivity contribution in [2.24, 2.45) is 0 Å². The van der Waals surface area contributed by atoms with Crippen LogP contribution in [0.2, 0.25) is 0 Å². The van der Waals surface area contributed by atoms with Crippen molar-refractivity contribution in [2.45, 2.75) is 18.9 Å². The van der Waals surface area contributed by atoms with Gasteiger partial charge in [-0.1, -0.05) is 96.6 Å². The summed E-state index contributed by atoms with van der Waals surface area (Å²) in [4.78, 5) is 2.52. The minimum absolute atomic E-state index is 0.272. The molecule has 1 heterocycles. The predicted octanol–water partition coefficient (Wildman–Crippen LogP) is 7.41. The van der Waals surface area contributed by atoms with Crippen molar-refractivity contribution >= 4 is 27.7 Å². The first-order valence-electron chi connectivity index (χ1n) is 10.6. The predicted molar refractivity (Wildman–Crippen MR) is 127 cm³/mol. The first-order valence-corrected chi connectivity index (χ1v) is 10.6. The number of aryl methyl sites for hydroxylation is 1. The highest BCUT2D eigenvalue weighted by atomic mass is 15.2. The molecule has 0 spiro atoms. The highest BCUT2D eigenvalue weighted by Crippen LogP contribution is 2.51. The van der Waals surface area contributed by atoms with E-state index in [-0.39, 0.29) is 6.04 Å². The Morgan fingerprint density at radius 1 is 0.767 bits per heavy atom. The fourth-order valence-corrected chi connectivity index (χ4v) is 5.09. The number of para-hydroxylation sites is 1. The molecule has 0 amide bonds. The van der Waals surface area contributed by atoms with Crippen LogP contribution in [0.5, 0.6) is 0 Å². The Morgan fingerprint density at radius 3 is 2.47 bits per heavy atom. The van der Waals surface area contributed by atoms with Gasteiger partial charge in [-0.2, -0.15) is 0 Å². The van der Waals surface area contributed by atoms with Crippen LogP contribution in [-0.2, 0) is 0 Å². The first kappa shape index (κ1) is 17.3. The van der Waals surface area contributed by atoms with E-state index in [0.717, 1.165) is 0 Å². The van der Waals surface area contributed by atoms with Crippen molar-refractivity contribution < 1.29 is 0 Å². The topological polar surface area (TPSA) is 3.24 Å². The molecule has 1 aliphatic carbocycles. The number of allylic oxidation sites excluding steroid dienone is 2. The fraction of sp³-hybridized carbons (Fsp3) is 0.103. The molecular weight excluding hydrogens is 362 g/mol. The third kappa shape index (κ3) is 2.63. The lowest BCUT2D eigenvalue weighted by Gasteiger charge is -2.30. The van der Waals surface area contributed by atoms with Gasteiger partial charge in [-0.05, 0) is 52.6 Å². The molecule has 2 atom stereocenters. The second kappa shape index (κ2) is 6.74. The molecule has 4 aromatic rings. The molecule has 0 bridgehead atoms. The third-order valence-electron chi connectivity index (χ3n) is 6.43. The van der Waals surface area contributed by atoms with Gasteiger partial charge in [0.05, 0.1) is 6.04 Å². The van der Waals surface area contributed by atoms with Gasteiger partial charge in [0.25, 0.3) is 0 Å². The molecule has 0 saturated heterocycles. The molecule has 1 aliphatic heterocycles. The van der Waals surface area contributed by atoms with E-state index in [9.17, 15) is 0 Å². The van der Waals surface area contributed by atoms with E-state index < -0.39 is 0 Å². The minimum Gasteiger partial charge on any atom is -0.333 e. The Hall–Kier alpha value is -3.58. The van der Waals surface area contributed by atoms with E-state index in [0.29, 0.717) is 5.92 Å². The smallest absolute Gasteiger partial charge is 0.0635 e. The van der Waals surface area contributed by atoms with Crippen LogP contribution < -0.4 is 4.90 Å². The summed E-state index contributed by atoms with van der Waals surface area (Å²) in [6, 6.07) is 33.2. The molecule has 2 unspecified atom stereocenters. The SMILES string of the molecule is Cc1cccc(C2=CC3C(C=C2)c2c(ccc4ccccc24)N3c2ccccc2)c1. The molecular formula is C29H23N. The van der Waals surface area contributed by atoms with Gasteiger partial charge in [0, 0.05) is 17.3 Å². The van der Waals surface area contributed by atoms with Crippen LogP contribution in [0, 0.1) is 6.92 Å². The third-order valence-corrected chi connectivity index (χ3v) is 6.43. The number of anilines is 2. The molecule has 0 N–H and O–H groups in total. The summed E-state index contributed by atoms with van der Waals surface area (Å²) in [5.74, 6) is 0.347. The van der Waals surface area contributed by atoms with Crippen molar-refractivity contribution in [1.29, 1.82) is 0 Å². The van der Waals surface area contributed by atoms with Crippen LogP contribution in [-0.4, -0.2) is 6.04 Å². The van der Waals surface area contributed by atoms with Gasteiger partial charge in [-0.15, -0.1) is 0 Å². The number of hydrogen-bond acceptors (Lipinski definition) is 1. The monoisotopic (exact) mass is 385 g/mol. The average molecular weight is 386 g/mol. The van der Waals surface area contributed by atoms with Gasteiger partial charge in [0.2, 0.25) is 0 Å². The lowest BCUT2D eigenvalue weighted by atomic mass is 9.85. The van der Waals surface area contributed by atoms with E-state index in [1.807, 2.05) is 0 Å². The Labute approximate surface area is 177 Å². The molecule has 1 heteroatoms. The first-order chi connectivity index (χ1) is 14.8. The van der Waals surface area contributed by atoms with Crippen molar-refractivity contribution in [3.63, 3.8) is 0 Å². The zero-order valence-corrected chi connectivity index (χ0v) is 17.0. The van der Waals surface area contributed by atoms with Crippen LogP contribution in [0.25, 0.3) is 16.3 Å². The molecule has 6 rings (SSSR count). The second-order valence-electron chi connectivity index (χ2n) is 8.29. The van der Waals surface area contributed by atoms with E-state index in [2.05, 4.69) is 121 Å². The standard InChI is InChI=1S/C29H23N/c1-20-8-7-10-22(18-20)23-14-16-26-28(19-23)30(24-11-3-2-4-12-24)27-17-15-21-9-5-6-13-25(21)29(26)27/h2-19,26,28H,1H3. The maximum absolute atomic E-state index is 2.52. The minimum atomic E-state index is 0.272. The summed E-state index contributed by atoms with van der Waals surface area (Å²) in [6.07, 6.45) is 7.19. The summed E-state index contributed by atoms with van der Waals surface area (Å²) >= 11 is 0. The lowest BCUT2D eigenvalue weighted by molar-refractivity contribution is 0.750. The number of fused-ring (bicyclic) bond motifs is 5. The normalized spacial score (nSPS) is 19.5. The quantitative estimate of drug-likeness (QED) is 0.347. The Morgan fingerprint density at radius 2 is 1.60 bits per heavy atom. The molecule has 0 radical (unpaired) electrons. The molecule has 30 heavy (non-hydrogen) atoms. The van der Waals surface area contributed by atoms with Gasteiger partial charge < -0.3 is 4.90 Å². The average Bonchev–Trinajstić information content (AvgIpc) is 3.13. The number of rotatable bonds is 2.